The van der Waals surface area contributed by atoms with Gasteiger partial charge in [-0.25, -0.2) is 0 Å². The third-order valence-electron chi connectivity index (χ3n) is 1.32. The van der Waals surface area contributed by atoms with E-state index >= 15 is 0 Å². The molecular formula is C8H5ClN2O. The van der Waals surface area contributed by atoms with Crippen molar-refractivity contribution in [3.63, 3.8) is 0 Å². The molecule has 4 heteroatoms. The van der Waals surface area contributed by atoms with E-state index in [1.165, 1.54) is 0 Å². The summed E-state index contributed by atoms with van der Waals surface area (Å²) in [6, 6.07) is 8.22. The quantitative estimate of drug-likeness (QED) is 0.409. The lowest BCUT2D eigenvalue weighted by atomic mass is 10.1. The molecule has 0 aliphatic rings. The molecule has 1 rings (SSSR count). The number of benzene rings is 1. The molecule has 1 N–H and O–H groups in total. The van der Waals surface area contributed by atoms with Crippen molar-refractivity contribution in [1.29, 1.82) is 5.26 Å². The minimum Gasteiger partial charge on any atom is -0.410 e. The summed E-state index contributed by atoms with van der Waals surface area (Å²) >= 11 is 5.62. The van der Waals surface area contributed by atoms with Gasteiger partial charge in [-0.3, -0.25) is 0 Å². The van der Waals surface area contributed by atoms with Crippen LogP contribution in [0.4, 0.5) is 0 Å². The van der Waals surface area contributed by atoms with E-state index in [1.807, 2.05) is 0 Å². The smallest absolute Gasteiger partial charge is 0.186 e. The first-order valence-corrected chi connectivity index (χ1v) is 3.54. The molecule has 1 aromatic rings. The summed E-state index contributed by atoms with van der Waals surface area (Å²) in [5, 5.41) is 20.3. The standard InChI is InChI=1S/C8H5ClN2O/c9-7-3-1-6(2-4-7)8(5-10)11-12/h1-4,12H/b11-8-. The van der Waals surface area contributed by atoms with Gasteiger partial charge in [0.25, 0.3) is 0 Å². The van der Waals surface area contributed by atoms with Gasteiger partial charge >= 0.3 is 0 Å². The molecule has 12 heavy (non-hydrogen) atoms. The lowest BCUT2D eigenvalue weighted by molar-refractivity contribution is 0.320. The van der Waals surface area contributed by atoms with E-state index in [2.05, 4.69) is 5.16 Å². The topological polar surface area (TPSA) is 56.4 Å². The van der Waals surface area contributed by atoms with Crippen molar-refractivity contribution in [1.82, 2.24) is 0 Å². The molecule has 0 atom stereocenters. The van der Waals surface area contributed by atoms with Gasteiger partial charge in [0.2, 0.25) is 0 Å². The summed E-state index contributed by atoms with van der Waals surface area (Å²) in [7, 11) is 0. The number of nitrogens with zero attached hydrogens (tertiary/aromatic N) is 2. The number of hydrogen-bond acceptors (Lipinski definition) is 3. The van der Waals surface area contributed by atoms with Gasteiger partial charge in [-0.1, -0.05) is 28.9 Å². The van der Waals surface area contributed by atoms with Crippen LogP contribution in [0, 0.1) is 11.3 Å². The van der Waals surface area contributed by atoms with Crippen LogP contribution in [0.25, 0.3) is 0 Å². The highest BCUT2D eigenvalue weighted by Gasteiger charge is 2.00. The van der Waals surface area contributed by atoms with E-state index in [-0.39, 0.29) is 5.71 Å². The summed E-state index contributed by atoms with van der Waals surface area (Å²) in [6.07, 6.45) is 0. The summed E-state index contributed by atoms with van der Waals surface area (Å²) in [6.45, 7) is 0. The number of hydrogen-bond donors (Lipinski definition) is 1. The second-order valence-corrected chi connectivity index (χ2v) is 2.50. The average molecular weight is 181 g/mol. The number of rotatable bonds is 1. The van der Waals surface area contributed by atoms with Crippen LogP contribution in [0.5, 0.6) is 0 Å². The van der Waals surface area contributed by atoms with E-state index in [4.69, 9.17) is 22.1 Å². The highest BCUT2D eigenvalue weighted by atomic mass is 35.5. The van der Waals surface area contributed by atoms with E-state index in [0.717, 1.165) is 0 Å². The molecule has 0 saturated carbocycles. The van der Waals surface area contributed by atoms with Crippen molar-refractivity contribution in [3.8, 4) is 6.07 Å². The molecule has 0 heterocycles. The molecule has 0 saturated heterocycles. The molecule has 0 bridgehead atoms. The van der Waals surface area contributed by atoms with E-state index in [1.54, 1.807) is 30.3 Å². The molecule has 0 spiro atoms. The minimum absolute atomic E-state index is 0.0216. The Labute approximate surface area is 74.5 Å². The second kappa shape index (κ2) is 3.74. The molecule has 60 valence electrons. The van der Waals surface area contributed by atoms with Gasteiger partial charge in [0, 0.05) is 10.6 Å². The van der Waals surface area contributed by atoms with Gasteiger partial charge < -0.3 is 5.21 Å². The zero-order chi connectivity index (χ0) is 8.97. The van der Waals surface area contributed by atoms with Crippen LogP contribution in [0.3, 0.4) is 0 Å². The fourth-order valence-corrected chi connectivity index (χ4v) is 0.878. The molecule has 0 aliphatic heterocycles. The Bertz CT molecular complexity index is 337. The summed E-state index contributed by atoms with van der Waals surface area (Å²) in [5.74, 6) is 0. The molecule has 0 aliphatic carbocycles. The van der Waals surface area contributed by atoms with Crippen molar-refractivity contribution in [3.05, 3.63) is 34.9 Å². The highest BCUT2D eigenvalue weighted by Crippen LogP contribution is 2.09. The van der Waals surface area contributed by atoms with Crippen LogP contribution in [0.15, 0.2) is 29.4 Å². The third kappa shape index (κ3) is 1.74. The second-order valence-electron chi connectivity index (χ2n) is 2.07. The Balaban J connectivity index is 3.06. The van der Waals surface area contributed by atoms with Crippen molar-refractivity contribution in [2.24, 2.45) is 5.16 Å². The number of nitriles is 1. The number of oxime groups is 1. The minimum atomic E-state index is -0.0216. The van der Waals surface area contributed by atoms with Gasteiger partial charge in [-0.2, -0.15) is 5.26 Å². The SMILES string of the molecule is N#C/C(=N/O)c1ccc(Cl)cc1. The summed E-state index contributed by atoms with van der Waals surface area (Å²) in [4.78, 5) is 0. The molecule has 0 unspecified atom stereocenters. The predicted molar refractivity (Wildman–Crippen MR) is 45.4 cm³/mol. The molecule has 3 nitrogen and oxygen atoms in total. The maximum Gasteiger partial charge on any atom is 0.186 e. The van der Waals surface area contributed by atoms with Gasteiger partial charge in [-0.15, -0.1) is 0 Å². The molecule has 0 amide bonds. The van der Waals surface area contributed by atoms with Crippen LogP contribution in [0.1, 0.15) is 5.56 Å². The molecule has 0 radical (unpaired) electrons. The maximum absolute atomic E-state index is 8.47. The van der Waals surface area contributed by atoms with Gasteiger partial charge in [0.05, 0.1) is 0 Å². The highest BCUT2D eigenvalue weighted by molar-refractivity contribution is 6.30. The van der Waals surface area contributed by atoms with Crippen molar-refractivity contribution >= 4 is 17.3 Å². The Morgan fingerprint density at radius 2 is 2.00 bits per heavy atom. The predicted octanol–water partition coefficient (Wildman–Crippen LogP) is 2.04. The molecule has 0 aromatic heterocycles. The monoisotopic (exact) mass is 180 g/mol. The zero-order valence-corrected chi connectivity index (χ0v) is 6.78. The fraction of sp³-hybridized carbons (Fsp3) is 0. The average Bonchev–Trinajstić information content (AvgIpc) is 2.10. The Morgan fingerprint density at radius 3 is 2.42 bits per heavy atom. The van der Waals surface area contributed by atoms with Gasteiger partial charge in [0.1, 0.15) is 6.07 Å². The van der Waals surface area contributed by atoms with Crippen LogP contribution < -0.4 is 0 Å². The zero-order valence-electron chi connectivity index (χ0n) is 6.03. The van der Waals surface area contributed by atoms with Crippen LogP contribution in [-0.4, -0.2) is 10.9 Å². The van der Waals surface area contributed by atoms with E-state index in [9.17, 15) is 0 Å². The van der Waals surface area contributed by atoms with Crippen molar-refractivity contribution < 1.29 is 5.21 Å². The first-order chi connectivity index (χ1) is 5.77. The Morgan fingerprint density at radius 1 is 1.42 bits per heavy atom. The van der Waals surface area contributed by atoms with Crippen LogP contribution >= 0.6 is 11.6 Å². The first-order valence-electron chi connectivity index (χ1n) is 3.16. The van der Waals surface area contributed by atoms with E-state index < -0.39 is 0 Å². The third-order valence-corrected chi connectivity index (χ3v) is 1.58. The summed E-state index contributed by atoms with van der Waals surface area (Å²) in [5.41, 5.74) is 0.524. The van der Waals surface area contributed by atoms with Crippen molar-refractivity contribution in [2.75, 3.05) is 0 Å². The van der Waals surface area contributed by atoms with Crippen molar-refractivity contribution in [2.45, 2.75) is 0 Å². The molecule has 1 aromatic carbocycles. The Hall–Kier alpha value is -1.53. The summed E-state index contributed by atoms with van der Waals surface area (Å²) < 4.78 is 0. The fourth-order valence-electron chi connectivity index (χ4n) is 0.752. The van der Waals surface area contributed by atoms with Gasteiger partial charge in [0.15, 0.2) is 5.71 Å². The first kappa shape index (κ1) is 8.57. The largest absolute Gasteiger partial charge is 0.410 e. The van der Waals surface area contributed by atoms with Crippen LogP contribution in [0.2, 0.25) is 5.02 Å². The van der Waals surface area contributed by atoms with Gasteiger partial charge in [-0.05, 0) is 12.1 Å². The lowest BCUT2D eigenvalue weighted by Gasteiger charge is -1.94. The maximum atomic E-state index is 8.47. The number of halogens is 1. The Kier molecular flexibility index (Phi) is 2.67. The molecule has 0 fully saturated rings. The van der Waals surface area contributed by atoms with E-state index in [0.29, 0.717) is 10.6 Å². The van der Waals surface area contributed by atoms with Crippen LogP contribution in [-0.2, 0) is 0 Å². The lowest BCUT2D eigenvalue weighted by Crippen LogP contribution is -1.95. The normalized spacial score (nSPS) is 10.8. The molecular weight excluding hydrogens is 176 g/mol.